The van der Waals surface area contributed by atoms with Crippen molar-refractivity contribution in [2.75, 3.05) is 13.1 Å². The number of carbonyl (C=O) groups excluding carboxylic acids is 1. The molecule has 2 aromatic rings. The van der Waals surface area contributed by atoms with E-state index in [4.69, 9.17) is 11.6 Å². The number of rotatable bonds is 6. The van der Waals surface area contributed by atoms with Crippen LogP contribution in [-0.2, 0) is 26.2 Å². The molecule has 1 aliphatic heterocycles. The molecule has 3 rings (SSSR count). The molecule has 1 fully saturated rings. The Bertz CT molecular complexity index is 981. The van der Waals surface area contributed by atoms with Gasteiger partial charge in [0.2, 0.25) is 15.9 Å². The lowest BCUT2D eigenvalue weighted by atomic mass is 10.1. The standard InChI is InChI=1S/C19H19ClN2O5S/c20-16-9-5-4-6-14(16)13-21-10-11-22(17(19(21)25)12-18(23)24)28(26,27)15-7-2-1-3-8-15/h1-9,17H,10-13H2,(H,23,24). The molecule has 28 heavy (non-hydrogen) atoms. The molecule has 1 unspecified atom stereocenters. The molecular formula is C19H19ClN2O5S. The van der Waals surface area contributed by atoms with E-state index < -0.39 is 34.4 Å². The smallest absolute Gasteiger partial charge is 0.305 e. The molecule has 1 N–H and O–H groups in total. The Hall–Kier alpha value is -2.42. The molecular weight excluding hydrogens is 404 g/mol. The first-order valence-corrected chi connectivity index (χ1v) is 10.4. The minimum absolute atomic E-state index is 0.00532. The first-order chi connectivity index (χ1) is 13.3. The monoisotopic (exact) mass is 422 g/mol. The van der Waals surface area contributed by atoms with Gasteiger partial charge < -0.3 is 10.0 Å². The van der Waals surface area contributed by atoms with E-state index >= 15 is 0 Å². The van der Waals surface area contributed by atoms with Gasteiger partial charge in [-0.25, -0.2) is 8.42 Å². The van der Waals surface area contributed by atoms with Crippen molar-refractivity contribution in [1.29, 1.82) is 0 Å². The lowest BCUT2D eigenvalue weighted by Crippen LogP contribution is -2.58. The number of sulfonamides is 1. The molecule has 1 heterocycles. The summed E-state index contributed by atoms with van der Waals surface area (Å²) in [5, 5.41) is 9.73. The number of nitrogens with zero attached hydrogens (tertiary/aromatic N) is 2. The fourth-order valence-corrected chi connectivity index (χ4v) is 4.97. The molecule has 1 atom stereocenters. The van der Waals surface area contributed by atoms with Gasteiger partial charge in [0.25, 0.3) is 0 Å². The number of hydrogen-bond donors (Lipinski definition) is 1. The second kappa shape index (κ2) is 8.30. The van der Waals surface area contributed by atoms with E-state index in [1.54, 1.807) is 42.5 Å². The number of hydrogen-bond acceptors (Lipinski definition) is 4. The van der Waals surface area contributed by atoms with Crippen LogP contribution in [0.4, 0.5) is 0 Å². The van der Waals surface area contributed by atoms with Gasteiger partial charge in [-0.15, -0.1) is 0 Å². The molecule has 0 saturated carbocycles. The van der Waals surface area contributed by atoms with Crippen LogP contribution in [-0.4, -0.2) is 53.7 Å². The third-order valence-electron chi connectivity index (χ3n) is 4.57. The van der Waals surface area contributed by atoms with Gasteiger partial charge in [0, 0.05) is 24.7 Å². The Morgan fingerprint density at radius 1 is 1.07 bits per heavy atom. The largest absolute Gasteiger partial charge is 0.481 e. The highest BCUT2D eigenvalue weighted by atomic mass is 35.5. The predicted molar refractivity (Wildman–Crippen MR) is 103 cm³/mol. The Morgan fingerprint density at radius 3 is 2.36 bits per heavy atom. The van der Waals surface area contributed by atoms with Crippen LogP contribution in [0.5, 0.6) is 0 Å². The van der Waals surface area contributed by atoms with Gasteiger partial charge in [0.15, 0.2) is 0 Å². The van der Waals surface area contributed by atoms with Gasteiger partial charge in [0.1, 0.15) is 6.04 Å². The van der Waals surface area contributed by atoms with Crippen LogP contribution in [0.2, 0.25) is 5.02 Å². The molecule has 1 aliphatic rings. The average Bonchev–Trinajstić information content (AvgIpc) is 2.67. The molecule has 0 aliphatic carbocycles. The van der Waals surface area contributed by atoms with Gasteiger partial charge in [-0.05, 0) is 23.8 Å². The Morgan fingerprint density at radius 2 is 1.71 bits per heavy atom. The summed E-state index contributed by atoms with van der Waals surface area (Å²) in [6, 6.07) is 13.4. The van der Waals surface area contributed by atoms with E-state index in [-0.39, 0.29) is 24.5 Å². The van der Waals surface area contributed by atoms with E-state index in [1.807, 2.05) is 0 Å². The number of carbonyl (C=O) groups is 2. The second-order valence-corrected chi connectivity index (χ2v) is 8.69. The first kappa shape index (κ1) is 20.3. The van der Waals surface area contributed by atoms with Crippen molar-refractivity contribution in [3.05, 3.63) is 65.2 Å². The third kappa shape index (κ3) is 4.19. The van der Waals surface area contributed by atoms with Crippen molar-refractivity contribution in [3.8, 4) is 0 Å². The fraction of sp³-hybridized carbons (Fsp3) is 0.263. The maximum Gasteiger partial charge on any atom is 0.305 e. The first-order valence-electron chi connectivity index (χ1n) is 8.61. The fourth-order valence-electron chi connectivity index (χ4n) is 3.18. The van der Waals surface area contributed by atoms with Crippen LogP contribution in [0.25, 0.3) is 0 Å². The minimum atomic E-state index is -4.00. The quantitative estimate of drug-likeness (QED) is 0.770. The maximum atomic E-state index is 13.0. The number of benzene rings is 2. The number of carboxylic acids is 1. The Kier molecular flexibility index (Phi) is 6.02. The zero-order valence-electron chi connectivity index (χ0n) is 14.9. The molecule has 1 amide bonds. The van der Waals surface area contributed by atoms with Gasteiger partial charge >= 0.3 is 5.97 Å². The van der Waals surface area contributed by atoms with E-state index in [1.165, 1.54) is 17.0 Å². The van der Waals surface area contributed by atoms with Crippen LogP contribution < -0.4 is 0 Å². The van der Waals surface area contributed by atoms with Crippen LogP contribution in [0.15, 0.2) is 59.5 Å². The number of carboxylic acid groups (broad SMARTS) is 1. The number of halogens is 1. The van der Waals surface area contributed by atoms with E-state index in [0.29, 0.717) is 10.6 Å². The normalized spacial score (nSPS) is 18.2. The lowest BCUT2D eigenvalue weighted by molar-refractivity contribution is -0.147. The highest BCUT2D eigenvalue weighted by molar-refractivity contribution is 7.89. The Labute approximate surface area is 168 Å². The predicted octanol–water partition coefficient (Wildman–Crippen LogP) is 2.22. The molecule has 0 bridgehead atoms. The maximum absolute atomic E-state index is 13.0. The summed E-state index contributed by atoms with van der Waals surface area (Å²) in [5.74, 6) is -1.79. The molecule has 0 spiro atoms. The third-order valence-corrected chi connectivity index (χ3v) is 6.86. The van der Waals surface area contributed by atoms with Crippen molar-refractivity contribution in [2.45, 2.75) is 23.9 Å². The number of piperazine rings is 1. The highest BCUT2D eigenvalue weighted by Gasteiger charge is 2.42. The van der Waals surface area contributed by atoms with Crippen molar-refractivity contribution >= 4 is 33.5 Å². The van der Waals surface area contributed by atoms with E-state index in [0.717, 1.165) is 4.31 Å². The lowest BCUT2D eigenvalue weighted by Gasteiger charge is -2.39. The highest BCUT2D eigenvalue weighted by Crippen LogP contribution is 2.26. The summed E-state index contributed by atoms with van der Waals surface area (Å²) in [6.45, 7) is 0.339. The molecule has 1 saturated heterocycles. The summed E-state index contributed by atoms with van der Waals surface area (Å²) in [6.07, 6.45) is -0.607. The summed E-state index contributed by atoms with van der Waals surface area (Å²) < 4.78 is 27.0. The average molecular weight is 423 g/mol. The van der Waals surface area contributed by atoms with E-state index in [9.17, 15) is 23.1 Å². The summed E-state index contributed by atoms with van der Waals surface area (Å²) in [4.78, 5) is 25.8. The van der Waals surface area contributed by atoms with Crippen molar-refractivity contribution in [3.63, 3.8) is 0 Å². The Balaban J connectivity index is 1.89. The SMILES string of the molecule is O=C(O)CC1C(=O)N(Cc2ccccc2Cl)CCN1S(=O)(=O)c1ccccc1. The van der Waals surface area contributed by atoms with Gasteiger partial charge in [-0.3, -0.25) is 9.59 Å². The zero-order valence-corrected chi connectivity index (χ0v) is 16.4. The second-order valence-electron chi connectivity index (χ2n) is 6.39. The molecule has 148 valence electrons. The number of amides is 1. The van der Waals surface area contributed by atoms with E-state index in [2.05, 4.69) is 0 Å². The minimum Gasteiger partial charge on any atom is -0.481 e. The molecule has 9 heteroatoms. The van der Waals surface area contributed by atoms with Gasteiger partial charge in [-0.2, -0.15) is 4.31 Å². The molecule has 0 radical (unpaired) electrons. The summed E-state index contributed by atoms with van der Waals surface area (Å²) in [7, 11) is -4.00. The molecule has 0 aromatic heterocycles. The van der Waals surface area contributed by atoms with Crippen molar-refractivity contribution in [1.82, 2.24) is 9.21 Å². The van der Waals surface area contributed by atoms with Crippen LogP contribution in [0.3, 0.4) is 0 Å². The number of aliphatic carboxylic acids is 1. The van der Waals surface area contributed by atoms with Crippen molar-refractivity contribution in [2.24, 2.45) is 0 Å². The van der Waals surface area contributed by atoms with Crippen LogP contribution >= 0.6 is 11.6 Å². The van der Waals surface area contributed by atoms with Crippen molar-refractivity contribution < 1.29 is 23.1 Å². The topological polar surface area (TPSA) is 95.0 Å². The zero-order chi connectivity index (χ0) is 20.3. The van der Waals surface area contributed by atoms with Crippen LogP contribution in [0, 0.1) is 0 Å². The summed E-state index contributed by atoms with van der Waals surface area (Å²) >= 11 is 6.15. The van der Waals surface area contributed by atoms with Crippen LogP contribution in [0.1, 0.15) is 12.0 Å². The molecule has 7 nitrogen and oxygen atoms in total. The summed E-state index contributed by atoms with van der Waals surface area (Å²) in [5.41, 5.74) is 0.714. The molecule has 2 aromatic carbocycles. The van der Waals surface area contributed by atoms with Gasteiger partial charge in [0.05, 0.1) is 11.3 Å². The van der Waals surface area contributed by atoms with Gasteiger partial charge in [-0.1, -0.05) is 48.0 Å².